The zero-order valence-corrected chi connectivity index (χ0v) is 8.19. The number of nitrogens with zero attached hydrogens (tertiary/aromatic N) is 3. The summed E-state index contributed by atoms with van der Waals surface area (Å²) < 4.78 is 4.77. The van der Waals surface area contributed by atoms with Gasteiger partial charge in [0.25, 0.3) is 11.7 Å². The zero-order valence-electron chi connectivity index (χ0n) is 8.19. The Morgan fingerprint density at radius 3 is 2.64 bits per heavy atom. The smallest absolute Gasteiger partial charge is 0.295 e. The molecule has 5 nitrogen and oxygen atoms in total. The molecule has 76 valence electrons. The van der Waals surface area contributed by atoms with Crippen LogP contribution in [0.5, 0.6) is 0 Å². The first-order valence-corrected chi connectivity index (χ1v) is 4.87. The third-order valence-electron chi connectivity index (χ3n) is 2.36. The molecular formula is C9H13N3O2. The van der Waals surface area contributed by atoms with Crippen molar-refractivity contribution < 1.29 is 9.32 Å². The van der Waals surface area contributed by atoms with E-state index in [1.165, 1.54) is 6.42 Å². The van der Waals surface area contributed by atoms with Crippen molar-refractivity contribution >= 4 is 5.91 Å². The first kappa shape index (κ1) is 9.18. The molecule has 14 heavy (non-hydrogen) atoms. The predicted octanol–water partition coefficient (Wildman–Crippen LogP) is 1.00. The van der Waals surface area contributed by atoms with Crippen LogP contribution < -0.4 is 0 Å². The Morgan fingerprint density at radius 2 is 2.07 bits per heavy atom. The normalized spacial score (nSPS) is 17.1. The maximum Gasteiger partial charge on any atom is 0.295 e. The monoisotopic (exact) mass is 195 g/mol. The minimum atomic E-state index is -0.110. The Labute approximate surface area is 82.1 Å². The number of hydrogen-bond donors (Lipinski definition) is 0. The second-order valence-electron chi connectivity index (χ2n) is 3.49. The molecule has 0 spiro atoms. The van der Waals surface area contributed by atoms with E-state index in [0.29, 0.717) is 5.89 Å². The summed E-state index contributed by atoms with van der Waals surface area (Å²) in [6.45, 7) is 3.30. The van der Waals surface area contributed by atoms with Crippen LogP contribution in [0.15, 0.2) is 4.52 Å². The topological polar surface area (TPSA) is 59.2 Å². The molecule has 0 unspecified atom stereocenters. The van der Waals surface area contributed by atoms with Crippen LogP contribution in [-0.2, 0) is 0 Å². The van der Waals surface area contributed by atoms with Crippen LogP contribution in [0.4, 0.5) is 0 Å². The van der Waals surface area contributed by atoms with E-state index in [1.54, 1.807) is 11.8 Å². The second kappa shape index (κ2) is 3.77. The van der Waals surface area contributed by atoms with Gasteiger partial charge in [-0.25, -0.2) is 0 Å². The summed E-state index contributed by atoms with van der Waals surface area (Å²) in [4.78, 5) is 17.5. The molecule has 0 N–H and O–H groups in total. The average molecular weight is 195 g/mol. The van der Waals surface area contributed by atoms with Crippen LogP contribution in [0.1, 0.15) is 35.8 Å². The van der Waals surface area contributed by atoms with E-state index < -0.39 is 0 Å². The molecule has 0 radical (unpaired) electrons. The SMILES string of the molecule is Cc1nc(C(=O)N2CCCCC2)no1. The van der Waals surface area contributed by atoms with Gasteiger partial charge >= 0.3 is 0 Å². The molecule has 1 aromatic rings. The lowest BCUT2D eigenvalue weighted by Gasteiger charge is -2.25. The van der Waals surface area contributed by atoms with Crippen LogP contribution in [-0.4, -0.2) is 34.0 Å². The molecule has 1 fully saturated rings. The van der Waals surface area contributed by atoms with Gasteiger partial charge in [0.1, 0.15) is 0 Å². The number of carbonyl (C=O) groups excluding carboxylic acids is 1. The number of likely N-dealkylation sites (tertiary alicyclic amines) is 1. The third-order valence-corrected chi connectivity index (χ3v) is 2.36. The first-order chi connectivity index (χ1) is 6.77. The zero-order chi connectivity index (χ0) is 9.97. The molecule has 2 heterocycles. The molecule has 0 aromatic carbocycles. The predicted molar refractivity (Wildman–Crippen MR) is 48.8 cm³/mol. The van der Waals surface area contributed by atoms with E-state index in [-0.39, 0.29) is 11.7 Å². The summed E-state index contributed by atoms with van der Waals surface area (Å²) in [5, 5.41) is 3.61. The summed E-state index contributed by atoms with van der Waals surface area (Å²) in [6, 6.07) is 0. The summed E-state index contributed by atoms with van der Waals surface area (Å²) >= 11 is 0. The van der Waals surface area contributed by atoms with E-state index in [0.717, 1.165) is 25.9 Å². The van der Waals surface area contributed by atoms with Gasteiger partial charge in [-0.2, -0.15) is 4.98 Å². The molecule has 5 heteroatoms. The lowest BCUT2D eigenvalue weighted by Crippen LogP contribution is -2.36. The van der Waals surface area contributed by atoms with Gasteiger partial charge < -0.3 is 9.42 Å². The van der Waals surface area contributed by atoms with Crippen LogP contribution in [0.2, 0.25) is 0 Å². The number of piperidine rings is 1. The Hall–Kier alpha value is -1.39. The lowest BCUT2D eigenvalue weighted by molar-refractivity contribution is 0.0708. The second-order valence-corrected chi connectivity index (χ2v) is 3.49. The van der Waals surface area contributed by atoms with Crippen molar-refractivity contribution in [1.29, 1.82) is 0 Å². The van der Waals surface area contributed by atoms with E-state index in [1.807, 2.05) is 0 Å². The molecular weight excluding hydrogens is 182 g/mol. The Bertz CT molecular complexity index is 329. The van der Waals surface area contributed by atoms with Gasteiger partial charge in [0.05, 0.1) is 0 Å². The minimum absolute atomic E-state index is 0.110. The van der Waals surface area contributed by atoms with Crippen LogP contribution in [0.3, 0.4) is 0 Å². The van der Waals surface area contributed by atoms with Crippen molar-refractivity contribution in [2.75, 3.05) is 13.1 Å². The fourth-order valence-corrected chi connectivity index (χ4v) is 1.62. The maximum atomic E-state index is 11.8. The number of aryl methyl sites for hydroxylation is 1. The van der Waals surface area contributed by atoms with Gasteiger partial charge in [0.2, 0.25) is 5.89 Å². The molecule has 1 aromatic heterocycles. The van der Waals surface area contributed by atoms with Crippen molar-refractivity contribution in [3.63, 3.8) is 0 Å². The first-order valence-electron chi connectivity index (χ1n) is 4.87. The van der Waals surface area contributed by atoms with E-state index in [9.17, 15) is 4.79 Å². The average Bonchev–Trinajstić information content (AvgIpc) is 2.65. The van der Waals surface area contributed by atoms with Crippen LogP contribution >= 0.6 is 0 Å². The fourth-order valence-electron chi connectivity index (χ4n) is 1.62. The molecule has 1 saturated heterocycles. The summed E-state index contributed by atoms with van der Waals surface area (Å²) in [5.74, 6) is 0.510. The highest BCUT2D eigenvalue weighted by atomic mass is 16.5. The van der Waals surface area contributed by atoms with Gasteiger partial charge in [0, 0.05) is 20.0 Å². The van der Waals surface area contributed by atoms with Gasteiger partial charge in [-0.05, 0) is 19.3 Å². The van der Waals surface area contributed by atoms with Crippen LogP contribution in [0.25, 0.3) is 0 Å². The van der Waals surface area contributed by atoms with E-state index in [4.69, 9.17) is 4.52 Å². The van der Waals surface area contributed by atoms with Crippen LogP contribution in [0, 0.1) is 6.92 Å². The third kappa shape index (κ3) is 1.76. The lowest BCUT2D eigenvalue weighted by atomic mass is 10.1. The number of hydrogen-bond acceptors (Lipinski definition) is 4. The molecule has 0 saturated carbocycles. The summed E-state index contributed by atoms with van der Waals surface area (Å²) in [6.07, 6.45) is 3.35. The van der Waals surface area contributed by atoms with Gasteiger partial charge in [-0.1, -0.05) is 5.16 Å². The molecule has 0 atom stereocenters. The Balaban J connectivity index is 2.07. The fraction of sp³-hybridized carbons (Fsp3) is 0.667. The quantitative estimate of drug-likeness (QED) is 0.670. The largest absolute Gasteiger partial charge is 0.339 e. The van der Waals surface area contributed by atoms with Crippen molar-refractivity contribution in [2.45, 2.75) is 26.2 Å². The van der Waals surface area contributed by atoms with Gasteiger partial charge in [-0.15, -0.1) is 0 Å². The standard InChI is InChI=1S/C9H13N3O2/c1-7-10-8(11-14-7)9(13)12-5-3-2-4-6-12/h2-6H2,1H3. The molecule has 1 aliphatic rings. The highest BCUT2D eigenvalue weighted by Gasteiger charge is 2.21. The number of amides is 1. The number of carbonyl (C=O) groups is 1. The van der Waals surface area contributed by atoms with Gasteiger partial charge in [-0.3, -0.25) is 4.79 Å². The Kier molecular flexibility index (Phi) is 2.47. The highest BCUT2D eigenvalue weighted by molar-refractivity contribution is 5.90. The minimum Gasteiger partial charge on any atom is -0.339 e. The highest BCUT2D eigenvalue weighted by Crippen LogP contribution is 2.11. The number of rotatable bonds is 1. The summed E-state index contributed by atoms with van der Waals surface area (Å²) in [7, 11) is 0. The van der Waals surface area contributed by atoms with Gasteiger partial charge in [0.15, 0.2) is 0 Å². The molecule has 2 rings (SSSR count). The Morgan fingerprint density at radius 1 is 1.36 bits per heavy atom. The molecule has 0 aliphatic carbocycles. The summed E-state index contributed by atoms with van der Waals surface area (Å²) in [5.41, 5.74) is 0. The van der Waals surface area contributed by atoms with E-state index in [2.05, 4.69) is 10.1 Å². The number of aromatic nitrogens is 2. The molecule has 0 bridgehead atoms. The molecule has 1 aliphatic heterocycles. The maximum absolute atomic E-state index is 11.8. The van der Waals surface area contributed by atoms with Crippen molar-refractivity contribution in [1.82, 2.24) is 15.0 Å². The van der Waals surface area contributed by atoms with Crippen molar-refractivity contribution in [2.24, 2.45) is 0 Å². The van der Waals surface area contributed by atoms with Crippen molar-refractivity contribution in [3.05, 3.63) is 11.7 Å². The van der Waals surface area contributed by atoms with Crippen molar-refractivity contribution in [3.8, 4) is 0 Å². The van der Waals surface area contributed by atoms with E-state index >= 15 is 0 Å². The molecule has 1 amide bonds.